The Morgan fingerprint density at radius 2 is 1.89 bits per heavy atom. The molecule has 0 spiro atoms. The van der Waals surface area contributed by atoms with Crippen LogP contribution in [0.1, 0.15) is 50.9 Å². The number of carbonyl (C=O) groups is 1. The first kappa shape index (κ1) is 26.0. The summed E-state index contributed by atoms with van der Waals surface area (Å²) in [6.07, 6.45) is 0.784. The van der Waals surface area contributed by atoms with E-state index in [2.05, 4.69) is 20.6 Å². The SMILES string of the molecule is Cc1nc(NCC2CCC(COc3ccc(C(F)(F)F)nc3)CC2)cc2c1NC(=O)C(C(C)C)N2C. The van der Waals surface area contributed by atoms with Crippen molar-refractivity contribution in [3.05, 3.63) is 35.8 Å². The van der Waals surface area contributed by atoms with Gasteiger partial charge >= 0.3 is 6.18 Å². The number of anilines is 3. The third kappa shape index (κ3) is 5.84. The molecule has 0 aromatic carbocycles. The summed E-state index contributed by atoms with van der Waals surface area (Å²) < 4.78 is 43.6. The molecule has 2 aliphatic rings. The van der Waals surface area contributed by atoms with Crippen LogP contribution < -0.4 is 20.3 Å². The Bertz CT molecular complexity index is 1070. The largest absolute Gasteiger partial charge is 0.492 e. The fraction of sp³-hybridized carbons (Fsp3) is 0.577. The summed E-state index contributed by atoms with van der Waals surface area (Å²) in [7, 11) is 1.95. The molecule has 1 atom stereocenters. The van der Waals surface area contributed by atoms with Crippen LogP contribution in [-0.4, -0.2) is 42.1 Å². The molecule has 1 fully saturated rings. The van der Waals surface area contributed by atoms with Crippen molar-refractivity contribution in [1.29, 1.82) is 0 Å². The molecule has 1 amide bonds. The lowest BCUT2D eigenvalue weighted by Gasteiger charge is -2.38. The zero-order chi connectivity index (χ0) is 26.0. The molecule has 7 nitrogen and oxygen atoms in total. The number of nitrogens with zero attached hydrogens (tertiary/aromatic N) is 3. The molecule has 2 N–H and O–H groups in total. The molecule has 2 aromatic heterocycles. The Morgan fingerprint density at radius 3 is 2.50 bits per heavy atom. The van der Waals surface area contributed by atoms with E-state index < -0.39 is 11.9 Å². The molecule has 36 heavy (non-hydrogen) atoms. The fourth-order valence-corrected chi connectivity index (χ4v) is 5.15. The monoisotopic (exact) mass is 505 g/mol. The van der Waals surface area contributed by atoms with E-state index in [-0.39, 0.29) is 17.9 Å². The van der Waals surface area contributed by atoms with E-state index in [9.17, 15) is 18.0 Å². The highest BCUT2D eigenvalue weighted by atomic mass is 19.4. The summed E-state index contributed by atoms with van der Waals surface area (Å²) in [6.45, 7) is 7.28. The van der Waals surface area contributed by atoms with Gasteiger partial charge in [0, 0.05) is 19.7 Å². The number of hydrogen-bond acceptors (Lipinski definition) is 6. The standard InChI is InChI=1S/C26H34F3N5O2/c1-15(2)24-25(35)33-23-16(3)32-22(11-20(23)34(24)4)31-12-17-5-7-18(8-6-17)14-36-19-9-10-21(30-13-19)26(27,28)29/h9-11,13,15,17-18,24H,5-8,12,14H2,1-4H3,(H,31,32)(H,33,35). The first-order valence-corrected chi connectivity index (χ1v) is 12.5. The second-order valence-electron chi connectivity index (χ2n) is 10.2. The van der Waals surface area contributed by atoms with E-state index in [1.54, 1.807) is 0 Å². The minimum absolute atomic E-state index is 0.000864. The normalized spacial score (nSPS) is 22.3. The number of likely N-dealkylation sites (N-methyl/N-ethyl adjacent to an activating group) is 1. The van der Waals surface area contributed by atoms with Crippen molar-refractivity contribution in [3.63, 3.8) is 0 Å². The van der Waals surface area contributed by atoms with Gasteiger partial charge in [-0.2, -0.15) is 13.2 Å². The number of hydrogen-bond donors (Lipinski definition) is 2. The van der Waals surface area contributed by atoms with Crippen molar-refractivity contribution in [1.82, 2.24) is 9.97 Å². The molecular formula is C26H34F3N5O2. The van der Waals surface area contributed by atoms with Crippen molar-refractivity contribution >= 4 is 23.1 Å². The quantitative estimate of drug-likeness (QED) is 0.516. The second-order valence-corrected chi connectivity index (χ2v) is 10.2. The predicted octanol–water partition coefficient (Wildman–Crippen LogP) is 5.51. The number of aromatic nitrogens is 2. The van der Waals surface area contributed by atoms with E-state index in [4.69, 9.17) is 4.74 Å². The van der Waals surface area contributed by atoms with Gasteiger partial charge in [-0.15, -0.1) is 0 Å². The summed E-state index contributed by atoms with van der Waals surface area (Å²) >= 11 is 0. The van der Waals surface area contributed by atoms with Crippen LogP contribution in [0.5, 0.6) is 5.75 Å². The molecule has 0 saturated heterocycles. The van der Waals surface area contributed by atoms with Crippen molar-refractivity contribution in [2.24, 2.45) is 17.8 Å². The van der Waals surface area contributed by atoms with E-state index in [1.807, 2.05) is 38.8 Å². The van der Waals surface area contributed by atoms with Crippen LogP contribution in [0.3, 0.4) is 0 Å². The van der Waals surface area contributed by atoms with Crippen LogP contribution in [0.4, 0.5) is 30.4 Å². The highest BCUT2D eigenvalue weighted by Gasteiger charge is 2.34. The lowest BCUT2D eigenvalue weighted by molar-refractivity contribution is -0.141. The second kappa shape index (κ2) is 10.5. The molecular weight excluding hydrogens is 471 g/mol. The first-order chi connectivity index (χ1) is 17.0. The van der Waals surface area contributed by atoms with Crippen LogP contribution in [0.15, 0.2) is 24.4 Å². The van der Waals surface area contributed by atoms with Gasteiger partial charge in [-0.05, 0) is 62.5 Å². The van der Waals surface area contributed by atoms with Crippen molar-refractivity contribution in [3.8, 4) is 5.75 Å². The molecule has 10 heteroatoms. The molecule has 1 saturated carbocycles. The maximum absolute atomic E-state index is 12.6. The summed E-state index contributed by atoms with van der Waals surface area (Å²) in [5.74, 6) is 2.23. The minimum Gasteiger partial charge on any atom is -0.492 e. The maximum Gasteiger partial charge on any atom is 0.433 e. The third-order valence-electron chi connectivity index (χ3n) is 7.18. The minimum atomic E-state index is -4.44. The number of fused-ring (bicyclic) bond motifs is 1. The maximum atomic E-state index is 12.6. The Morgan fingerprint density at radius 1 is 1.19 bits per heavy atom. The molecule has 1 aliphatic carbocycles. The molecule has 0 bridgehead atoms. The highest BCUT2D eigenvalue weighted by Crippen LogP contribution is 2.37. The zero-order valence-corrected chi connectivity index (χ0v) is 21.2. The van der Waals surface area contributed by atoms with Crippen LogP contribution in [-0.2, 0) is 11.0 Å². The van der Waals surface area contributed by atoms with Crippen molar-refractivity contribution in [2.75, 3.05) is 35.7 Å². The number of aryl methyl sites for hydroxylation is 1. The highest BCUT2D eigenvalue weighted by molar-refractivity contribution is 6.04. The van der Waals surface area contributed by atoms with Crippen LogP contribution in [0, 0.1) is 24.7 Å². The fourth-order valence-electron chi connectivity index (χ4n) is 5.15. The predicted molar refractivity (Wildman–Crippen MR) is 133 cm³/mol. The third-order valence-corrected chi connectivity index (χ3v) is 7.18. The lowest BCUT2D eigenvalue weighted by Crippen LogP contribution is -2.49. The summed E-state index contributed by atoms with van der Waals surface area (Å²) in [5.41, 5.74) is 1.62. The smallest absolute Gasteiger partial charge is 0.433 e. The summed E-state index contributed by atoms with van der Waals surface area (Å²) in [5, 5.41) is 6.51. The number of ether oxygens (including phenoxy) is 1. The van der Waals surface area contributed by atoms with Gasteiger partial charge in [-0.1, -0.05) is 13.8 Å². The van der Waals surface area contributed by atoms with Gasteiger partial charge in [0.25, 0.3) is 0 Å². The van der Waals surface area contributed by atoms with Gasteiger partial charge in [-0.3, -0.25) is 4.79 Å². The molecule has 1 aliphatic heterocycles. The van der Waals surface area contributed by atoms with Gasteiger partial charge in [0.2, 0.25) is 5.91 Å². The molecule has 196 valence electrons. The Hall–Kier alpha value is -3.04. The van der Waals surface area contributed by atoms with Gasteiger partial charge in [0.05, 0.1) is 29.9 Å². The summed E-state index contributed by atoms with van der Waals surface area (Å²) in [6, 6.07) is 4.06. The van der Waals surface area contributed by atoms with Gasteiger partial charge in [0.15, 0.2) is 0 Å². The van der Waals surface area contributed by atoms with E-state index in [0.29, 0.717) is 24.2 Å². The van der Waals surface area contributed by atoms with Crippen molar-refractivity contribution in [2.45, 2.75) is 58.7 Å². The molecule has 3 heterocycles. The van der Waals surface area contributed by atoms with E-state index >= 15 is 0 Å². The zero-order valence-electron chi connectivity index (χ0n) is 21.2. The van der Waals surface area contributed by atoms with Gasteiger partial charge in [-0.25, -0.2) is 9.97 Å². The van der Waals surface area contributed by atoms with E-state index in [1.165, 1.54) is 6.07 Å². The first-order valence-electron chi connectivity index (χ1n) is 12.5. The number of pyridine rings is 2. The Labute approximate surface area is 209 Å². The van der Waals surface area contributed by atoms with Crippen molar-refractivity contribution < 1.29 is 22.7 Å². The number of amides is 1. The van der Waals surface area contributed by atoms with Crippen LogP contribution in [0.25, 0.3) is 0 Å². The van der Waals surface area contributed by atoms with Crippen LogP contribution >= 0.6 is 0 Å². The molecule has 2 aromatic rings. The number of rotatable bonds is 7. The Kier molecular flexibility index (Phi) is 7.61. The number of carbonyl (C=O) groups excluding carboxylic acids is 1. The summed E-state index contributed by atoms with van der Waals surface area (Å²) in [4.78, 5) is 22.7. The number of nitrogens with one attached hydrogen (secondary N) is 2. The molecule has 1 unspecified atom stereocenters. The number of halogens is 3. The average Bonchev–Trinajstić information content (AvgIpc) is 2.82. The lowest BCUT2D eigenvalue weighted by atomic mass is 9.82. The topological polar surface area (TPSA) is 79.4 Å². The van der Waals surface area contributed by atoms with E-state index in [0.717, 1.165) is 67.4 Å². The Balaban J connectivity index is 1.26. The molecule has 4 rings (SSSR count). The van der Waals surface area contributed by atoms with Crippen LogP contribution in [0.2, 0.25) is 0 Å². The van der Waals surface area contributed by atoms with Gasteiger partial charge in [0.1, 0.15) is 23.3 Å². The van der Waals surface area contributed by atoms with Gasteiger partial charge < -0.3 is 20.3 Å². The molecule has 0 radical (unpaired) electrons. The average molecular weight is 506 g/mol. The number of alkyl halides is 3.